The number of thiazole rings is 1. The van der Waals surface area contributed by atoms with E-state index in [0.29, 0.717) is 23.8 Å². The number of anilines is 1. The molecule has 25 heavy (non-hydrogen) atoms. The van der Waals surface area contributed by atoms with Gasteiger partial charge in [-0.2, -0.15) is 5.10 Å². The van der Waals surface area contributed by atoms with Gasteiger partial charge in [0.2, 0.25) is 5.91 Å². The number of aromatic amines is 1. The molecule has 0 spiro atoms. The van der Waals surface area contributed by atoms with Crippen LogP contribution in [0.2, 0.25) is 0 Å². The molecule has 2 N–H and O–H groups in total. The number of carbonyl (C=O) groups is 2. The van der Waals surface area contributed by atoms with Gasteiger partial charge in [0, 0.05) is 30.1 Å². The Bertz CT molecular complexity index is 905. The van der Waals surface area contributed by atoms with Crippen LogP contribution in [0.1, 0.15) is 23.2 Å². The fourth-order valence-electron chi connectivity index (χ4n) is 3.19. The van der Waals surface area contributed by atoms with Crippen LogP contribution >= 0.6 is 11.3 Å². The highest BCUT2D eigenvalue weighted by molar-refractivity contribution is 7.13. The molecule has 0 radical (unpaired) electrons. The molecule has 0 bridgehead atoms. The molecule has 2 aromatic heterocycles. The third-order valence-electron chi connectivity index (χ3n) is 4.45. The van der Waals surface area contributed by atoms with Gasteiger partial charge in [-0.3, -0.25) is 14.7 Å². The zero-order valence-corrected chi connectivity index (χ0v) is 14.3. The van der Waals surface area contributed by atoms with Gasteiger partial charge in [-0.15, -0.1) is 11.3 Å². The minimum Gasteiger partial charge on any atom is -0.338 e. The summed E-state index contributed by atoms with van der Waals surface area (Å²) in [5.41, 5.74) is 1.33. The van der Waals surface area contributed by atoms with Crippen LogP contribution in [-0.2, 0) is 4.79 Å². The number of hydrogen-bond donors (Lipinski definition) is 2. The first-order valence-corrected chi connectivity index (χ1v) is 9.02. The van der Waals surface area contributed by atoms with Crippen LogP contribution in [0.4, 0.5) is 5.13 Å². The van der Waals surface area contributed by atoms with E-state index in [1.165, 1.54) is 11.3 Å². The third kappa shape index (κ3) is 3.12. The monoisotopic (exact) mass is 355 g/mol. The van der Waals surface area contributed by atoms with Crippen molar-refractivity contribution in [3.8, 4) is 0 Å². The third-order valence-corrected chi connectivity index (χ3v) is 5.14. The standard InChI is InChI=1S/C17H17N5O2S/c23-15(20-17-18-6-8-25-17)12-4-2-7-22(10-12)16(24)13-5-1-3-11-9-19-21-14(11)13/h1,3,5-6,8-9,12H,2,4,7,10H2,(H,19,21)(H,18,20,23). The van der Waals surface area contributed by atoms with Gasteiger partial charge in [-0.05, 0) is 18.9 Å². The minimum atomic E-state index is -0.220. The van der Waals surface area contributed by atoms with Gasteiger partial charge < -0.3 is 10.2 Å². The Morgan fingerprint density at radius 2 is 2.28 bits per heavy atom. The molecular formula is C17H17N5O2S. The number of amides is 2. The Kier molecular flexibility index (Phi) is 4.19. The molecular weight excluding hydrogens is 338 g/mol. The van der Waals surface area contributed by atoms with E-state index in [-0.39, 0.29) is 17.7 Å². The van der Waals surface area contributed by atoms with Crippen LogP contribution in [0.25, 0.3) is 10.9 Å². The lowest BCUT2D eigenvalue weighted by atomic mass is 9.96. The lowest BCUT2D eigenvalue weighted by molar-refractivity contribution is -0.121. The summed E-state index contributed by atoms with van der Waals surface area (Å²) in [5.74, 6) is -0.364. The zero-order chi connectivity index (χ0) is 17.2. The summed E-state index contributed by atoms with van der Waals surface area (Å²) in [6.07, 6.45) is 4.94. The normalized spacial score (nSPS) is 17.6. The van der Waals surface area contributed by atoms with Gasteiger partial charge in [0.15, 0.2) is 5.13 Å². The Morgan fingerprint density at radius 1 is 1.36 bits per heavy atom. The number of benzene rings is 1. The molecule has 1 saturated heterocycles. The summed E-state index contributed by atoms with van der Waals surface area (Å²) in [5, 5.41) is 13.0. The number of nitrogens with one attached hydrogen (secondary N) is 2. The molecule has 1 unspecified atom stereocenters. The predicted molar refractivity (Wildman–Crippen MR) is 95.5 cm³/mol. The average molecular weight is 355 g/mol. The predicted octanol–water partition coefficient (Wildman–Crippen LogP) is 2.51. The Morgan fingerprint density at radius 3 is 3.12 bits per heavy atom. The van der Waals surface area contributed by atoms with Crippen molar-refractivity contribution < 1.29 is 9.59 Å². The molecule has 1 aliphatic rings. The van der Waals surface area contributed by atoms with Crippen LogP contribution in [0.3, 0.4) is 0 Å². The van der Waals surface area contributed by atoms with E-state index in [1.54, 1.807) is 23.4 Å². The largest absolute Gasteiger partial charge is 0.338 e. The van der Waals surface area contributed by atoms with Crippen LogP contribution in [0.5, 0.6) is 0 Å². The van der Waals surface area contributed by atoms with Gasteiger partial charge in [0.1, 0.15) is 0 Å². The number of hydrogen-bond acceptors (Lipinski definition) is 5. The van der Waals surface area contributed by atoms with Crippen molar-refractivity contribution in [3.63, 3.8) is 0 Å². The second-order valence-corrected chi connectivity index (χ2v) is 6.95. The van der Waals surface area contributed by atoms with Crippen molar-refractivity contribution in [3.05, 3.63) is 41.5 Å². The lowest BCUT2D eigenvalue weighted by Crippen LogP contribution is -2.43. The number of para-hydroxylation sites is 1. The van der Waals surface area contributed by atoms with Gasteiger partial charge in [0.25, 0.3) is 5.91 Å². The highest BCUT2D eigenvalue weighted by atomic mass is 32.1. The highest BCUT2D eigenvalue weighted by Crippen LogP contribution is 2.23. The number of rotatable bonds is 3. The van der Waals surface area contributed by atoms with E-state index >= 15 is 0 Å². The molecule has 128 valence electrons. The topological polar surface area (TPSA) is 91.0 Å². The molecule has 8 heteroatoms. The van der Waals surface area contributed by atoms with Gasteiger partial charge in [-0.25, -0.2) is 4.98 Å². The van der Waals surface area contributed by atoms with E-state index in [0.717, 1.165) is 23.7 Å². The number of carbonyl (C=O) groups excluding carboxylic acids is 2. The molecule has 1 aliphatic heterocycles. The fraction of sp³-hybridized carbons (Fsp3) is 0.294. The van der Waals surface area contributed by atoms with E-state index in [4.69, 9.17) is 0 Å². The van der Waals surface area contributed by atoms with Crippen molar-refractivity contribution in [2.24, 2.45) is 5.92 Å². The summed E-state index contributed by atoms with van der Waals surface area (Å²) in [6, 6.07) is 5.56. The number of fused-ring (bicyclic) bond motifs is 1. The number of aromatic nitrogens is 3. The molecule has 1 aromatic carbocycles. The van der Waals surface area contributed by atoms with Gasteiger partial charge in [0.05, 0.1) is 23.2 Å². The lowest BCUT2D eigenvalue weighted by Gasteiger charge is -2.32. The van der Waals surface area contributed by atoms with E-state index in [9.17, 15) is 9.59 Å². The van der Waals surface area contributed by atoms with Crippen LogP contribution in [0.15, 0.2) is 36.0 Å². The van der Waals surface area contributed by atoms with Gasteiger partial charge >= 0.3 is 0 Å². The Hall–Kier alpha value is -2.74. The molecule has 3 heterocycles. The number of H-pyrrole nitrogens is 1. The highest BCUT2D eigenvalue weighted by Gasteiger charge is 2.30. The van der Waals surface area contributed by atoms with Gasteiger partial charge in [-0.1, -0.05) is 12.1 Å². The maximum atomic E-state index is 12.9. The van der Waals surface area contributed by atoms with Crippen molar-refractivity contribution in [2.75, 3.05) is 18.4 Å². The molecule has 4 rings (SSSR count). The van der Waals surface area contributed by atoms with Crippen LogP contribution in [-0.4, -0.2) is 45.0 Å². The molecule has 0 saturated carbocycles. The van der Waals surface area contributed by atoms with E-state index in [2.05, 4.69) is 20.5 Å². The maximum absolute atomic E-state index is 12.9. The fourth-order valence-corrected chi connectivity index (χ4v) is 3.72. The average Bonchev–Trinajstić information content (AvgIpc) is 3.32. The molecule has 7 nitrogen and oxygen atoms in total. The van der Waals surface area contributed by atoms with E-state index in [1.807, 2.05) is 17.5 Å². The van der Waals surface area contributed by atoms with Crippen molar-refractivity contribution in [1.82, 2.24) is 20.1 Å². The quantitative estimate of drug-likeness (QED) is 0.755. The zero-order valence-electron chi connectivity index (χ0n) is 13.4. The first kappa shape index (κ1) is 15.8. The summed E-state index contributed by atoms with van der Waals surface area (Å²) in [6.45, 7) is 1.07. The molecule has 1 fully saturated rings. The first-order chi connectivity index (χ1) is 12.2. The summed E-state index contributed by atoms with van der Waals surface area (Å²) in [7, 11) is 0. The van der Waals surface area contributed by atoms with Crippen molar-refractivity contribution >= 4 is 39.2 Å². The Labute approximate surface area is 148 Å². The molecule has 0 aliphatic carbocycles. The van der Waals surface area contributed by atoms with Crippen LogP contribution in [0, 0.1) is 5.92 Å². The summed E-state index contributed by atoms with van der Waals surface area (Å²) < 4.78 is 0. The summed E-state index contributed by atoms with van der Waals surface area (Å²) in [4.78, 5) is 31.2. The minimum absolute atomic E-state index is 0.0680. The molecule has 1 atom stereocenters. The number of nitrogens with zero attached hydrogens (tertiary/aromatic N) is 3. The SMILES string of the molecule is O=C(Nc1nccs1)C1CCCN(C(=O)c2cccc3cn[nH]c23)C1. The molecule has 2 amide bonds. The van der Waals surface area contributed by atoms with Crippen molar-refractivity contribution in [2.45, 2.75) is 12.8 Å². The van der Waals surface area contributed by atoms with E-state index < -0.39 is 0 Å². The molecule has 3 aromatic rings. The maximum Gasteiger partial charge on any atom is 0.256 e. The Balaban J connectivity index is 1.50. The second kappa shape index (κ2) is 6.64. The van der Waals surface area contributed by atoms with Crippen LogP contribution < -0.4 is 5.32 Å². The van der Waals surface area contributed by atoms with Crippen molar-refractivity contribution in [1.29, 1.82) is 0 Å². The smallest absolute Gasteiger partial charge is 0.256 e. The second-order valence-electron chi connectivity index (χ2n) is 6.06. The number of likely N-dealkylation sites (tertiary alicyclic amines) is 1. The summed E-state index contributed by atoms with van der Waals surface area (Å²) >= 11 is 1.39. The number of piperidine rings is 1. The first-order valence-electron chi connectivity index (χ1n) is 8.14.